The lowest BCUT2D eigenvalue weighted by molar-refractivity contribution is 0.509. The number of nitrogens with zero attached hydrogens (tertiary/aromatic N) is 3. The molecule has 1 aromatic heterocycles. The lowest BCUT2D eigenvalue weighted by Crippen LogP contribution is -2.08. The topological polar surface area (TPSA) is 56.7 Å². The number of hydrogen-bond donors (Lipinski definition) is 1. The van der Waals surface area contributed by atoms with Crippen molar-refractivity contribution in [2.75, 3.05) is 6.54 Å². The number of nitrogens with two attached hydrogens (primary N) is 1. The third-order valence-corrected chi connectivity index (χ3v) is 2.40. The molecule has 90 valence electrons. The van der Waals surface area contributed by atoms with Crippen LogP contribution in [0.5, 0.6) is 0 Å². The Morgan fingerprint density at radius 3 is 2.71 bits per heavy atom. The molecule has 0 radical (unpaired) electrons. The normalized spacial score (nSPS) is 10.8. The second-order valence-corrected chi connectivity index (χ2v) is 3.64. The second kappa shape index (κ2) is 4.58. The fourth-order valence-electron chi connectivity index (χ4n) is 1.52. The van der Waals surface area contributed by atoms with E-state index in [1.54, 1.807) is 11.7 Å². The van der Waals surface area contributed by atoms with Crippen LogP contribution < -0.4 is 5.73 Å². The predicted octanol–water partition coefficient (Wildman–Crippen LogP) is 1.26. The molecule has 2 rings (SSSR count). The highest BCUT2D eigenvalue weighted by atomic mass is 19.2. The van der Waals surface area contributed by atoms with Crippen LogP contribution in [0.2, 0.25) is 0 Å². The van der Waals surface area contributed by atoms with Crippen molar-refractivity contribution in [2.45, 2.75) is 6.42 Å². The van der Waals surface area contributed by atoms with Gasteiger partial charge in [-0.25, -0.2) is 13.8 Å². The van der Waals surface area contributed by atoms with Crippen LogP contribution in [-0.2, 0) is 13.5 Å². The van der Waals surface area contributed by atoms with E-state index in [-0.39, 0.29) is 0 Å². The zero-order chi connectivity index (χ0) is 12.4. The lowest BCUT2D eigenvalue weighted by atomic mass is 10.2. The molecule has 0 atom stereocenters. The van der Waals surface area contributed by atoms with Crippen molar-refractivity contribution in [2.24, 2.45) is 12.8 Å². The summed E-state index contributed by atoms with van der Waals surface area (Å²) in [4.78, 5) is 4.22. The molecule has 0 aliphatic heterocycles. The summed E-state index contributed by atoms with van der Waals surface area (Å²) >= 11 is 0. The highest BCUT2D eigenvalue weighted by Crippen LogP contribution is 2.18. The Balaban J connectivity index is 2.39. The maximum Gasteiger partial charge on any atom is 0.181 e. The summed E-state index contributed by atoms with van der Waals surface area (Å²) in [6, 6.07) is 3.58. The van der Waals surface area contributed by atoms with Gasteiger partial charge in [-0.2, -0.15) is 5.10 Å². The minimum Gasteiger partial charge on any atom is -0.330 e. The average molecular weight is 238 g/mol. The average Bonchev–Trinajstić information content (AvgIpc) is 2.65. The minimum atomic E-state index is -0.907. The highest BCUT2D eigenvalue weighted by Gasteiger charge is 2.11. The molecule has 17 heavy (non-hydrogen) atoms. The molecular weight excluding hydrogens is 226 g/mol. The van der Waals surface area contributed by atoms with Gasteiger partial charge in [0.1, 0.15) is 5.82 Å². The van der Waals surface area contributed by atoms with Gasteiger partial charge in [-0.05, 0) is 24.7 Å². The largest absolute Gasteiger partial charge is 0.330 e. The van der Waals surface area contributed by atoms with Gasteiger partial charge in [0.15, 0.2) is 17.5 Å². The summed E-state index contributed by atoms with van der Waals surface area (Å²) in [6.07, 6.45) is 0.590. The molecule has 2 N–H and O–H groups in total. The van der Waals surface area contributed by atoms with Gasteiger partial charge in [0.05, 0.1) is 0 Å². The third-order valence-electron chi connectivity index (χ3n) is 2.40. The van der Waals surface area contributed by atoms with E-state index in [9.17, 15) is 8.78 Å². The van der Waals surface area contributed by atoms with Crippen LogP contribution in [0, 0.1) is 11.6 Å². The highest BCUT2D eigenvalue weighted by molar-refractivity contribution is 5.54. The van der Waals surface area contributed by atoms with E-state index in [0.29, 0.717) is 30.2 Å². The van der Waals surface area contributed by atoms with Crippen molar-refractivity contribution in [1.82, 2.24) is 14.8 Å². The first kappa shape index (κ1) is 11.7. The third kappa shape index (κ3) is 2.31. The maximum absolute atomic E-state index is 13.1. The van der Waals surface area contributed by atoms with Crippen molar-refractivity contribution in [3.8, 4) is 11.4 Å². The molecule has 1 aromatic carbocycles. The van der Waals surface area contributed by atoms with Gasteiger partial charge in [-0.15, -0.1) is 0 Å². The predicted molar refractivity (Wildman–Crippen MR) is 59.1 cm³/mol. The van der Waals surface area contributed by atoms with Crippen LogP contribution in [0.4, 0.5) is 8.78 Å². The van der Waals surface area contributed by atoms with E-state index in [1.807, 2.05) is 0 Å². The van der Waals surface area contributed by atoms with E-state index in [2.05, 4.69) is 10.1 Å². The van der Waals surface area contributed by atoms with Gasteiger partial charge in [0.2, 0.25) is 0 Å². The molecule has 0 amide bonds. The Kier molecular flexibility index (Phi) is 3.14. The lowest BCUT2D eigenvalue weighted by Gasteiger charge is -1.96. The van der Waals surface area contributed by atoms with Crippen LogP contribution in [0.15, 0.2) is 18.2 Å². The van der Waals surface area contributed by atoms with Crippen molar-refractivity contribution in [3.05, 3.63) is 35.7 Å². The van der Waals surface area contributed by atoms with E-state index in [0.717, 1.165) is 12.1 Å². The van der Waals surface area contributed by atoms with Crippen LogP contribution in [-0.4, -0.2) is 21.3 Å². The summed E-state index contributed by atoms with van der Waals surface area (Å²) in [7, 11) is 1.74. The first-order valence-corrected chi connectivity index (χ1v) is 5.17. The Hall–Kier alpha value is -1.82. The molecule has 2 aromatic rings. The van der Waals surface area contributed by atoms with Gasteiger partial charge in [-0.3, -0.25) is 4.68 Å². The number of rotatable bonds is 3. The molecule has 0 aliphatic carbocycles. The summed E-state index contributed by atoms with van der Waals surface area (Å²) in [5.74, 6) is -0.704. The van der Waals surface area contributed by atoms with Crippen molar-refractivity contribution in [3.63, 3.8) is 0 Å². The molecule has 0 bridgehead atoms. The number of hydrogen-bond acceptors (Lipinski definition) is 3. The van der Waals surface area contributed by atoms with Crippen molar-refractivity contribution >= 4 is 0 Å². The second-order valence-electron chi connectivity index (χ2n) is 3.64. The Labute approximate surface area is 97.1 Å². The van der Waals surface area contributed by atoms with Crippen molar-refractivity contribution in [1.29, 1.82) is 0 Å². The monoisotopic (exact) mass is 238 g/mol. The summed E-state index contributed by atoms with van der Waals surface area (Å²) in [6.45, 7) is 0.462. The fraction of sp³-hybridized carbons (Fsp3) is 0.273. The Morgan fingerprint density at radius 2 is 2.06 bits per heavy atom. The van der Waals surface area contributed by atoms with Gasteiger partial charge in [0.25, 0.3) is 0 Å². The van der Waals surface area contributed by atoms with Crippen LogP contribution in [0.1, 0.15) is 5.82 Å². The van der Waals surface area contributed by atoms with E-state index < -0.39 is 11.6 Å². The molecule has 0 unspecified atom stereocenters. The Morgan fingerprint density at radius 1 is 1.29 bits per heavy atom. The molecule has 0 saturated carbocycles. The van der Waals surface area contributed by atoms with Crippen LogP contribution >= 0.6 is 0 Å². The number of halogens is 2. The summed E-state index contributed by atoms with van der Waals surface area (Å²) < 4.78 is 27.4. The molecule has 4 nitrogen and oxygen atoms in total. The molecule has 6 heteroatoms. The molecule has 0 aliphatic rings. The zero-order valence-corrected chi connectivity index (χ0v) is 9.32. The minimum absolute atomic E-state index is 0.370. The smallest absolute Gasteiger partial charge is 0.181 e. The van der Waals surface area contributed by atoms with Gasteiger partial charge in [-0.1, -0.05) is 0 Å². The summed E-state index contributed by atoms with van der Waals surface area (Å²) in [5.41, 5.74) is 5.88. The van der Waals surface area contributed by atoms with Gasteiger partial charge in [0, 0.05) is 19.0 Å². The SMILES string of the molecule is Cn1nc(-c2ccc(F)c(F)c2)nc1CCN. The maximum atomic E-state index is 13.1. The quantitative estimate of drug-likeness (QED) is 0.875. The van der Waals surface area contributed by atoms with E-state index in [4.69, 9.17) is 5.73 Å². The van der Waals surface area contributed by atoms with Crippen molar-refractivity contribution < 1.29 is 8.78 Å². The van der Waals surface area contributed by atoms with Gasteiger partial charge >= 0.3 is 0 Å². The number of aromatic nitrogens is 3. The first-order valence-electron chi connectivity index (χ1n) is 5.17. The first-order chi connectivity index (χ1) is 8.11. The molecule has 0 spiro atoms. The molecule has 0 saturated heterocycles. The standard InChI is InChI=1S/C11H12F2N4/c1-17-10(4-5-14)15-11(16-17)7-2-3-8(12)9(13)6-7/h2-3,6H,4-5,14H2,1H3. The molecular formula is C11H12F2N4. The molecule has 1 heterocycles. The fourth-order valence-corrected chi connectivity index (χ4v) is 1.52. The van der Waals surface area contributed by atoms with Crippen LogP contribution in [0.3, 0.4) is 0 Å². The van der Waals surface area contributed by atoms with Crippen LogP contribution in [0.25, 0.3) is 11.4 Å². The molecule has 0 fully saturated rings. The zero-order valence-electron chi connectivity index (χ0n) is 9.32. The van der Waals surface area contributed by atoms with E-state index >= 15 is 0 Å². The summed E-state index contributed by atoms with van der Waals surface area (Å²) in [5, 5.41) is 4.13. The number of aryl methyl sites for hydroxylation is 1. The van der Waals surface area contributed by atoms with E-state index in [1.165, 1.54) is 6.07 Å². The number of benzene rings is 1. The Bertz CT molecular complexity index is 536. The van der Waals surface area contributed by atoms with Gasteiger partial charge < -0.3 is 5.73 Å².